The molecule has 100 valence electrons. The van der Waals surface area contributed by atoms with Gasteiger partial charge >= 0.3 is 5.97 Å². The van der Waals surface area contributed by atoms with E-state index in [9.17, 15) is 4.79 Å². The summed E-state index contributed by atoms with van der Waals surface area (Å²) in [6.07, 6.45) is 3.80. The van der Waals surface area contributed by atoms with E-state index in [0.29, 0.717) is 25.4 Å². The highest BCUT2D eigenvalue weighted by Gasteiger charge is 2.26. The van der Waals surface area contributed by atoms with Gasteiger partial charge in [0, 0.05) is 19.7 Å². The minimum absolute atomic E-state index is 0.0356. The van der Waals surface area contributed by atoms with E-state index in [1.54, 1.807) is 14.0 Å². The van der Waals surface area contributed by atoms with Gasteiger partial charge in [0.05, 0.1) is 19.3 Å². The average Bonchev–Trinajstić information content (AvgIpc) is 2.76. The van der Waals surface area contributed by atoms with Crippen molar-refractivity contribution in [1.82, 2.24) is 5.32 Å². The summed E-state index contributed by atoms with van der Waals surface area (Å²) in [5, 5.41) is 3.39. The van der Waals surface area contributed by atoms with Crippen molar-refractivity contribution >= 4 is 5.97 Å². The predicted octanol–water partition coefficient (Wildman–Crippen LogP) is 0.723. The van der Waals surface area contributed by atoms with E-state index < -0.39 is 0 Å². The van der Waals surface area contributed by atoms with Gasteiger partial charge in [-0.1, -0.05) is 0 Å². The van der Waals surface area contributed by atoms with Gasteiger partial charge in [0.25, 0.3) is 0 Å². The quantitative estimate of drug-likeness (QED) is 0.504. The second-order valence-corrected chi connectivity index (χ2v) is 4.12. The van der Waals surface area contributed by atoms with E-state index in [2.05, 4.69) is 5.32 Å². The Morgan fingerprint density at radius 2 is 2.24 bits per heavy atom. The fourth-order valence-electron chi connectivity index (χ4n) is 2.12. The van der Waals surface area contributed by atoms with Gasteiger partial charge in [-0.15, -0.1) is 0 Å². The van der Waals surface area contributed by atoms with Crippen LogP contribution in [-0.4, -0.2) is 51.6 Å². The zero-order valence-electron chi connectivity index (χ0n) is 10.7. The van der Waals surface area contributed by atoms with Crippen molar-refractivity contribution in [2.24, 2.45) is 0 Å². The Kier molecular flexibility index (Phi) is 7.16. The molecule has 0 spiro atoms. The molecule has 0 amide bonds. The summed E-state index contributed by atoms with van der Waals surface area (Å²) < 4.78 is 15.3. The molecule has 0 heterocycles. The molecule has 0 bridgehead atoms. The zero-order valence-corrected chi connectivity index (χ0v) is 10.7. The van der Waals surface area contributed by atoms with Crippen molar-refractivity contribution in [1.29, 1.82) is 0 Å². The molecule has 5 nitrogen and oxygen atoms in total. The van der Waals surface area contributed by atoms with Gasteiger partial charge in [-0.25, -0.2) is 4.79 Å². The van der Waals surface area contributed by atoms with Crippen LogP contribution >= 0.6 is 0 Å². The smallest absolute Gasteiger partial charge is 0.332 e. The first-order valence-electron chi connectivity index (χ1n) is 6.27. The van der Waals surface area contributed by atoms with Crippen molar-refractivity contribution in [3.63, 3.8) is 0 Å². The van der Waals surface area contributed by atoms with Crippen molar-refractivity contribution in [2.75, 3.05) is 33.5 Å². The molecular weight excluding hydrogens is 222 g/mol. The first kappa shape index (κ1) is 14.4. The van der Waals surface area contributed by atoms with E-state index in [1.165, 1.54) is 6.42 Å². The number of carbonyl (C=O) groups excluding carboxylic acids is 1. The van der Waals surface area contributed by atoms with Crippen molar-refractivity contribution in [3.05, 3.63) is 0 Å². The van der Waals surface area contributed by atoms with Gasteiger partial charge < -0.3 is 19.5 Å². The average molecular weight is 245 g/mol. The molecule has 1 fully saturated rings. The molecule has 1 rings (SSSR count). The summed E-state index contributed by atoms with van der Waals surface area (Å²) in [5.74, 6) is -0.303. The first-order chi connectivity index (χ1) is 8.27. The molecule has 1 aliphatic carbocycles. The number of carbonyl (C=O) groups is 1. The molecule has 2 atom stereocenters. The summed E-state index contributed by atoms with van der Waals surface area (Å²) in [4.78, 5) is 11.0. The lowest BCUT2D eigenvalue weighted by atomic mass is 10.2. The maximum Gasteiger partial charge on any atom is 0.332 e. The van der Waals surface area contributed by atoms with Crippen LogP contribution in [0.5, 0.6) is 0 Å². The van der Waals surface area contributed by atoms with Crippen LogP contribution in [0.2, 0.25) is 0 Å². The van der Waals surface area contributed by atoms with Crippen molar-refractivity contribution < 1.29 is 19.0 Å². The maximum atomic E-state index is 11.0. The monoisotopic (exact) mass is 245 g/mol. The molecular formula is C12H23NO4. The summed E-state index contributed by atoms with van der Waals surface area (Å²) >= 11 is 0. The van der Waals surface area contributed by atoms with Gasteiger partial charge in [0.2, 0.25) is 0 Å². The Morgan fingerprint density at radius 1 is 1.41 bits per heavy atom. The number of hydrogen-bond donors (Lipinski definition) is 1. The molecule has 0 aromatic heterocycles. The Hall–Kier alpha value is -0.650. The molecule has 0 aliphatic heterocycles. The lowest BCUT2D eigenvalue weighted by molar-refractivity contribution is -0.148. The number of ether oxygens (including phenoxy) is 3. The van der Waals surface area contributed by atoms with E-state index in [0.717, 1.165) is 19.4 Å². The van der Waals surface area contributed by atoms with Crippen LogP contribution < -0.4 is 5.32 Å². The second kappa shape index (κ2) is 8.44. The first-order valence-corrected chi connectivity index (χ1v) is 6.27. The molecule has 1 aliphatic rings. The normalized spacial score (nSPS) is 23.9. The van der Waals surface area contributed by atoms with Crippen LogP contribution in [0.1, 0.15) is 26.2 Å². The molecule has 0 aromatic carbocycles. The van der Waals surface area contributed by atoms with Crippen molar-refractivity contribution in [3.8, 4) is 0 Å². The Bertz CT molecular complexity index is 223. The molecule has 1 N–H and O–H groups in total. The van der Waals surface area contributed by atoms with E-state index in [1.807, 2.05) is 0 Å². The summed E-state index contributed by atoms with van der Waals surface area (Å²) in [5.41, 5.74) is 0. The minimum atomic E-state index is -0.303. The summed E-state index contributed by atoms with van der Waals surface area (Å²) in [6, 6.07) is 0.422. The molecule has 1 saturated carbocycles. The topological polar surface area (TPSA) is 56.8 Å². The highest BCUT2D eigenvalue weighted by atomic mass is 16.6. The van der Waals surface area contributed by atoms with Gasteiger partial charge in [-0.3, -0.25) is 0 Å². The summed E-state index contributed by atoms with van der Waals surface area (Å²) in [6.45, 7) is 3.48. The third-order valence-electron chi connectivity index (χ3n) is 2.93. The zero-order chi connectivity index (χ0) is 12.5. The van der Waals surface area contributed by atoms with E-state index >= 15 is 0 Å². The summed E-state index contributed by atoms with van der Waals surface area (Å²) in [7, 11) is 1.75. The van der Waals surface area contributed by atoms with Gasteiger partial charge in [0.1, 0.15) is 6.61 Å². The van der Waals surface area contributed by atoms with Crippen LogP contribution in [-0.2, 0) is 19.0 Å². The highest BCUT2D eigenvalue weighted by Crippen LogP contribution is 2.21. The van der Waals surface area contributed by atoms with Crippen molar-refractivity contribution in [2.45, 2.75) is 38.3 Å². The third-order valence-corrected chi connectivity index (χ3v) is 2.93. The Morgan fingerprint density at radius 3 is 2.94 bits per heavy atom. The predicted molar refractivity (Wildman–Crippen MR) is 63.9 cm³/mol. The van der Waals surface area contributed by atoms with Gasteiger partial charge in [0.15, 0.2) is 0 Å². The maximum absolute atomic E-state index is 11.0. The molecule has 0 radical (unpaired) electrons. The number of esters is 1. The van der Waals surface area contributed by atoms with Crippen LogP contribution in [0.15, 0.2) is 0 Å². The Labute approximate surface area is 103 Å². The van der Waals surface area contributed by atoms with Gasteiger partial charge in [-0.05, 0) is 26.2 Å². The lowest BCUT2D eigenvalue weighted by Gasteiger charge is -2.19. The molecule has 0 saturated heterocycles. The minimum Gasteiger partial charge on any atom is -0.464 e. The van der Waals surface area contributed by atoms with Crippen LogP contribution in [0.3, 0.4) is 0 Å². The van der Waals surface area contributed by atoms with Crippen LogP contribution in [0, 0.1) is 0 Å². The third kappa shape index (κ3) is 5.48. The molecule has 0 aromatic rings. The molecule has 17 heavy (non-hydrogen) atoms. The van der Waals surface area contributed by atoms with E-state index in [-0.39, 0.29) is 12.6 Å². The number of rotatable bonds is 8. The Balaban J connectivity index is 1.98. The van der Waals surface area contributed by atoms with E-state index in [4.69, 9.17) is 14.2 Å². The fraction of sp³-hybridized carbons (Fsp3) is 0.917. The fourth-order valence-corrected chi connectivity index (χ4v) is 2.12. The van der Waals surface area contributed by atoms with Crippen LogP contribution in [0.4, 0.5) is 0 Å². The molecule has 2 unspecified atom stereocenters. The molecule has 5 heteroatoms. The highest BCUT2D eigenvalue weighted by molar-refractivity contribution is 5.70. The second-order valence-electron chi connectivity index (χ2n) is 4.12. The number of methoxy groups -OCH3 is 1. The largest absolute Gasteiger partial charge is 0.464 e. The standard InChI is InChI=1S/C12H23NO4/c1-3-17-12(14)9-16-8-7-13-10-5-4-6-11(10)15-2/h10-11,13H,3-9H2,1-2H3. The lowest BCUT2D eigenvalue weighted by Crippen LogP contribution is -2.38. The van der Waals surface area contributed by atoms with Crippen LogP contribution in [0.25, 0.3) is 0 Å². The van der Waals surface area contributed by atoms with Gasteiger partial charge in [-0.2, -0.15) is 0 Å². The number of nitrogens with one attached hydrogen (secondary N) is 1. The number of hydrogen-bond acceptors (Lipinski definition) is 5. The SMILES string of the molecule is CCOC(=O)COCCNC1CCCC1OC.